The van der Waals surface area contributed by atoms with Gasteiger partial charge in [-0.25, -0.2) is 9.97 Å². The molecule has 1 N–H and O–H groups in total. The lowest BCUT2D eigenvalue weighted by molar-refractivity contribution is 0.489. The van der Waals surface area contributed by atoms with Gasteiger partial charge < -0.3 is 4.42 Å². The zero-order valence-corrected chi connectivity index (χ0v) is 13.9. The van der Waals surface area contributed by atoms with Crippen molar-refractivity contribution in [2.75, 3.05) is 0 Å². The standard InChI is InChI=1S/C14H15N5OS2/c1-9-6-10(2)16-13(15-9)22-8-12-17-18-14(21)19(12)7-11-4-3-5-20-11/h3-6H,7-8H2,1-2H3,(H,18,21). The highest BCUT2D eigenvalue weighted by Gasteiger charge is 2.10. The molecule has 3 heterocycles. The van der Waals surface area contributed by atoms with Gasteiger partial charge in [0.25, 0.3) is 0 Å². The number of aromatic amines is 1. The van der Waals surface area contributed by atoms with E-state index in [-0.39, 0.29) is 0 Å². The molecule has 0 aromatic carbocycles. The number of nitrogens with zero attached hydrogens (tertiary/aromatic N) is 4. The number of furan rings is 1. The number of nitrogens with one attached hydrogen (secondary N) is 1. The molecule has 22 heavy (non-hydrogen) atoms. The average molecular weight is 333 g/mol. The van der Waals surface area contributed by atoms with Crippen LogP contribution < -0.4 is 0 Å². The van der Waals surface area contributed by atoms with Crippen molar-refractivity contribution in [3.63, 3.8) is 0 Å². The van der Waals surface area contributed by atoms with E-state index in [1.165, 1.54) is 11.8 Å². The number of hydrogen-bond donors (Lipinski definition) is 1. The van der Waals surface area contributed by atoms with Gasteiger partial charge in [-0.05, 0) is 44.3 Å². The maximum Gasteiger partial charge on any atom is 0.195 e. The lowest BCUT2D eigenvalue weighted by Gasteiger charge is -2.05. The molecule has 8 heteroatoms. The topological polar surface area (TPSA) is 72.5 Å². The Labute approximate surface area is 137 Å². The summed E-state index contributed by atoms with van der Waals surface area (Å²) in [4.78, 5) is 8.84. The molecule has 0 aliphatic rings. The molecule has 0 bridgehead atoms. The minimum atomic E-state index is 0.561. The molecule has 0 atom stereocenters. The van der Waals surface area contributed by atoms with Crippen molar-refractivity contribution < 1.29 is 4.42 Å². The Kier molecular flexibility index (Phi) is 4.39. The van der Waals surface area contributed by atoms with Crippen LogP contribution in [0.3, 0.4) is 0 Å². The summed E-state index contributed by atoms with van der Waals surface area (Å²) in [5.41, 5.74) is 1.92. The Balaban J connectivity index is 1.77. The van der Waals surface area contributed by atoms with Crippen molar-refractivity contribution in [3.8, 4) is 0 Å². The van der Waals surface area contributed by atoms with E-state index in [0.717, 1.165) is 28.1 Å². The molecule has 6 nitrogen and oxygen atoms in total. The molecule has 3 aromatic heterocycles. The normalized spacial score (nSPS) is 11.0. The van der Waals surface area contributed by atoms with Gasteiger partial charge >= 0.3 is 0 Å². The van der Waals surface area contributed by atoms with Gasteiger partial charge in [0, 0.05) is 11.4 Å². The molecular weight excluding hydrogens is 318 g/mol. The number of H-pyrrole nitrogens is 1. The molecular formula is C14H15N5OS2. The lowest BCUT2D eigenvalue weighted by Crippen LogP contribution is -2.04. The predicted molar refractivity (Wildman–Crippen MR) is 86.3 cm³/mol. The van der Waals surface area contributed by atoms with E-state index in [2.05, 4.69) is 20.2 Å². The van der Waals surface area contributed by atoms with Crippen LogP contribution in [0.1, 0.15) is 23.0 Å². The highest BCUT2D eigenvalue weighted by Crippen LogP contribution is 2.19. The molecule has 0 fully saturated rings. The zero-order chi connectivity index (χ0) is 15.5. The second-order valence-corrected chi connectivity index (χ2v) is 6.16. The van der Waals surface area contributed by atoms with Crippen molar-refractivity contribution >= 4 is 24.0 Å². The molecule has 3 aromatic rings. The first-order valence-corrected chi connectivity index (χ1v) is 8.13. The number of thioether (sulfide) groups is 1. The van der Waals surface area contributed by atoms with Crippen LogP contribution in [-0.2, 0) is 12.3 Å². The quantitative estimate of drug-likeness (QED) is 0.439. The largest absolute Gasteiger partial charge is 0.467 e. The molecule has 0 aliphatic heterocycles. The predicted octanol–water partition coefficient (Wildman–Crippen LogP) is 3.28. The van der Waals surface area contributed by atoms with Crippen molar-refractivity contribution in [2.45, 2.75) is 31.3 Å². The zero-order valence-electron chi connectivity index (χ0n) is 12.2. The van der Waals surface area contributed by atoms with E-state index in [1.807, 2.05) is 36.6 Å². The molecule has 0 unspecified atom stereocenters. The Morgan fingerprint density at radius 2 is 2.09 bits per heavy atom. The summed E-state index contributed by atoms with van der Waals surface area (Å²) in [6, 6.07) is 5.73. The van der Waals surface area contributed by atoms with Crippen molar-refractivity contribution in [1.82, 2.24) is 24.7 Å². The molecule has 3 rings (SSSR count). The average Bonchev–Trinajstić information content (AvgIpc) is 3.08. The highest BCUT2D eigenvalue weighted by molar-refractivity contribution is 7.98. The van der Waals surface area contributed by atoms with E-state index in [4.69, 9.17) is 16.6 Å². The fraction of sp³-hybridized carbons (Fsp3) is 0.286. The molecule has 0 radical (unpaired) electrons. The smallest absolute Gasteiger partial charge is 0.195 e. The minimum absolute atomic E-state index is 0.561. The summed E-state index contributed by atoms with van der Waals surface area (Å²) >= 11 is 6.82. The van der Waals surface area contributed by atoms with Gasteiger partial charge in [-0.15, -0.1) is 0 Å². The van der Waals surface area contributed by atoms with Crippen molar-refractivity contribution in [3.05, 3.63) is 52.2 Å². The van der Waals surface area contributed by atoms with Crippen molar-refractivity contribution in [1.29, 1.82) is 0 Å². The van der Waals surface area contributed by atoms with Crippen LogP contribution in [0.2, 0.25) is 0 Å². The lowest BCUT2D eigenvalue weighted by atomic mass is 10.4. The summed E-state index contributed by atoms with van der Waals surface area (Å²) in [7, 11) is 0. The molecule has 0 amide bonds. The summed E-state index contributed by atoms with van der Waals surface area (Å²) in [6.07, 6.45) is 1.65. The maximum absolute atomic E-state index is 5.37. The van der Waals surface area contributed by atoms with Crippen LogP contribution in [0.15, 0.2) is 34.0 Å². The van der Waals surface area contributed by atoms with Crippen molar-refractivity contribution in [2.24, 2.45) is 0 Å². The monoisotopic (exact) mass is 333 g/mol. The van der Waals surface area contributed by atoms with Gasteiger partial charge in [0.05, 0.1) is 18.6 Å². The van der Waals surface area contributed by atoms with E-state index >= 15 is 0 Å². The first-order valence-electron chi connectivity index (χ1n) is 6.73. The van der Waals surface area contributed by atoms with E-state index in [9.17, 15) is 0 Å². The van der Waals surface area contributed by atoms with Crippen LogP contribution in [0.4, 0.5) is 0 Å². The van der Waals surface area contributed by atoms with Crippen LogP contribution in [0, 0.1) is 18.6 Å². The van der Waals surface area contributed by atoms with Crippen LogP contribution in [0.25, 0.3) is 0 Å². The molecule has 0 aliphatic carbocycles. The first-order chi connectivity index (χ1) is 10.6. The van der Waals surface area contributed by atoms with Gasteiger partial charge in [-0.2, -0.15) is 5.10 Å². The SMILES string of the molecule is Cc1cc(C)nc(SCc2n[nH]c(=S)n2Cc2ccco2)n1. The summed E-state index contributed by atoms with van der Waals surface area (Å²) in [6.45, 7) is 4.49. The fourth-order valence-corrected chi connectivity index (χ4v) is 3.18. The Hall–Kier alpha value is -1.93. The summed E-state index contributed by atoms with van der Waals surface area (Å²) in [5.74, 6) is 2.32. The Morgan fingerprint density at radius 3 is 2.77 bits per heavy atom. The first kappa shape index (κ1) is 15.0. The van der Waals surface area contributed by atoms with Gasteiger partial charge in [0.15, 0.2) is 9.93 Å². The minimum Gasteiger partial charge on any atom is -0.467 e. The Bertz CT molecular complexity index is 802. The number of aryl methyl sites for hydroxylation is 2. The van der Waals surface area contributed by atoms with E-state index < -0.39 is 0 Å². The van der Waals surface area contributed by atoms with E-state index in [1.54, 1.807) is 6.26 Å². The third kappa shape index (κ3) is 3.45. The second-order valence-electron chi connectivity index (χ2n) is 4.83. The molecule has 0 saturated heterocycles. The molecule has 114 valence electrons. The molecule has 0 spiro atoms. The van der Waals surface area contributed by atoms with Crippen LogP contribution in [0.5, 0.6) is 0 Å². The van der Waals surface area contributed by atoms with Gasteiger partial charge in [-0.3, -0.25) is 9.67 Å². The molecule has 0 saturated carbocycles. The number of aromatic nitrogens is 5. The second kappa shape index (κ2) is 6.45. The van der Waals surface area contributed by atoms with Crippen LogP contribution >= 0.6 is 24.0 Å². The summed E-state index contributed by atoms with van der Waals surface area (Å²) in [5, 5.41) is 7.86. The number of hydrogen-bond acceptors (Lipinski definition) is 6. The maximum atomic E-state index is 5.37. The highest BCUT2D eigenvalue weighted by atomic mass is 32.2. The summed E-state index contributed by atoms with van der Waals surface area (Å²) < 4.78 is 7.87. The van der Waals surface area contributed by atoms with Gasteiger partial charge in [0.1, 0.15) is 11.6 Å². The van der Waals surface area contributed by atoms with Gasteiger partial charge in [0.2, 0.25) is 0 Å². The van der Waals surface area contributed by atoms with E-state index in [0.29, 0.717) is 17.1 Å². The fourth-order valence-electron chi connectivity index (χ4n) is 2.07. The third-order valence-electron chi connectivity index (χ3n) is 3.02. The van der Waals surface area contributed by atoms with Gasteiger partial charge in [-0.1, -0.05) is 11.8 Å². The third-order valence-corrected chi connectivity index (χ3v) is 4.18. The Morgan fingerprint density at radius 1 is 1.32 bits per heavy atom. The van der Waals surface area contributed by atoms with Crippen LogP contribution in [-0.4, -0.2) is 24.7 Å². The number of rotatable bonds is 5.